The number of carbonyl (C=O) groups excluding carboxylic acids is 1. The quantitative estimate of drug-likeness (QED) is 0.283. The van der Waals surface area contributed by atoms with Crippen LogP contribution in [0.1, 0.15) is 77.9 Å². The minimum atomic E-state index is -4.76. The molecule has 1 amide bonds. The van der Waals surface area contributed by atoms with Gasteiger partial charge >= 0.3 is 12.1 Å². The average Bonchev–Trinajstić information content (AvgIpc) is 3.42. The highest BCUT2D eigenvalue weighted by atomic mass is 32.2. The Balaban J connectivity index is 1.37. The summed E-state index contributed by atoms with van der Waals surface area (Å²) in [5.74, 6) is -4.26. The summed E-state index contributed by atoms with van der Waals surface area (Å²) in [6.07, 6.45) is -2.98. The van der Waals surface area contributed by atoms with Gasteiger partial charge in [0.2, 0.25) is 27.6 Å². The van der Waals surface area contributed by atoms with Crippen molar-refractivity contribution in [1.29, 1.82) is 0 Å². The fourth-order valence-electron chi connectivity index (χ4n) is 7.65. The first-order valence-electron chi connectivity index (χ1n) is 16.3. The van der Waals surface area contributed by atoms with E-state index in [0.29, 0.717) is 41.0 Å². The fourth-order valence-corrected chi connectivity index (χ4v) is 9.18. The lowest BCUT2D eigenvalue weighted by molar-refractivity contribution is -0.147. The number of halogens is 3. The molecule has 1 spiro atoms. The highest BCUT2D eigenvalue weighted by molar-refractivity contribution is 7.89. The van der Waals surface area contributed by atoms with Crippen LogP contribution in [0, 0.1) is 12.3 Å². The molecule has 1 fully saturated rings. The standard InChI is InChI=1S/C34H35F3N6O7S/c1-18-22(10-12-43-28(18)40-41-30(43)34(35,36)37)27(32(2,3)31(45)46)19-4-7-23-20(14-19)15-42-17-33(11-13-49-16-24(23)33)50-29-25(51(42,47)48)8-5-21(39-29)6-9-26(38)44/h4-5,7-8,10,12,14,24,27H,6,9,11,13,15-17H2,1-3H3,(H2,38,44)(H,45,46)/t24?,27-,33?/m0/s1. The van der Waals surface area contributed by atoms with Crippen molar-refractivity contribution in [2.24, 2.45) is 11.1 Å². The van der Waals surface area contributed by atoms with Gasteiger partial charge in [-0.1, -0.05) is 18.2 Å². The zero-order valence-electron chi connectivity index (χ0n) is 27.9. The smallest absolute Gasteiger partial charge is 0.452 e. The number of hydrogen-bond acceptors (Lipinski definition) is 9. The minimum absolute atomic E-state index is 0.00536. The van der Waals surface area contributed by atoms with Crippen molar-refractivity contribution in [2.45, 2.75) is 75.1 Å². The molecule has 51 heavy (non-hydrogen) atoms. The number of hydrogen-bond donors (Lipinski definition) is 2. The minimum Gasteiger partial charge on any atom is -0.481 e. The highest BCUT2D eigenvalue weighted by Gasteiger charge is 2.54. The lowest BCUT2D eigenvalue weighted by Crippen LogP contribution is -2.53. The van der Waals surface area contributed by atoms with E-state index in [4.69, 9.17) is 15.2 Å². The Hall–Kier alpha value is -4.61. The Morgan fingerprint density at radius 2 is 1.92 bits per heavy atom. The normalized spacial score (nSPS) is 23.2. The summed E-state index contributed by atoms with van der Waals surface area (Å²) in [4.78, 5) is 28.6. The number of aromatic nitrogens is 4. The second-order valence-electron chi connectivity index (χ2n) is 13.9. The average molecular weight is 729 g/mol. The zero-order valence-corrected chi connectivity index (χ0v) is 28.7. The molecule has 3 aliphatic heterocycles. The van der Waals surface area contributed by atoms with E-state index in [1.807, 2.05) is 6.07 Å². The van der Waals surface area contributed by atoms with Crippen LogP contribution in [0.2, 0.25) is 0 Å². The number of sulfonamides is 1. The number of benzene rings is 1. The summed E-state index contributed by atoms with van der Waals surface area (Å²) in [6, 6.07) is 9.78. The molecule has 4 aromatic rings. The Bertz CT molecular complexity index is 2210. The van der Waals surface area contributed by atoms with Crippen molar-refractivity contribution in [3.05, 3.63) is 81.9 Å². The first kappa shape index (κ1) is 34.8. The van der Waals surface area contributed by atoms with Crippen molar-refractivity contribution in [2.75, 3.05) is 19.8 Å². The number of nitrogens with zero attached hydrogens (tertiary/aromatic N) is 5. The molecule has 270 valence electrons. The summed E-state index contributed by atoms with van der Waals surface area (Å²) < 4.78 is 84.3. The molecule has 3 N–H and O–H groups in total. The molecule has 0 aliphatic carbocycles. The van der Waals surface area contributed by atoms with Crippen LogP contribution in [-0.2, 0) is 43.5 Å². The molecule has 1 aromatic carbocycles. The lowest BCUT2D eigenvalue weighted by Gasteiger charge is -2.43. The van der Waals surface area contributed by atoms with Crippen LogP contribution in [0.5, 0.6) is 5.88 Å². The zero-order chi connectivity index (χ0) is 36.7. The van der Waals surface area contributed by atoms with Crippen molar-refractivity contribution < 1.29 is 45.8 Å². The van der Waals surface area contributed by atoms with Gasteiger partial charge in [-0.3, -0.25) is 14.0 Å². The Morgan fingerprint density at radius 3 is 2.63 bits per heavy atom. The van der Waals surface area contributed by atoms with Crippen LogP contribution >= 0.6 is 0 Å². The van der Waals surface area contributed by atoms with Crippen LogP contribution in [-0.4, -0.2) is 74.6 Å². The highest BCUT2D eigenvalue weighted by Crippen LogP contribution is 2.50. The summed E-state index contributed by atoms with van der Waals surface area (Å²) in [5, 5.41) is 17.6. The number of aryl methyl sites for hydroxylation is 2. The van der Waals surface area contributed by atoms with Crippen molar-refractivity contribution in [1.82, 2.24) is 23.9 Å². The van der Waals surface area contributed by atoms with E-state index >= 15 is 0 Å². The summed E-state index contributed by atoms with van der Waals surface area (Å²) in [6.45, 7) is 5.08. The maximum Gasteiger partial charge on any atom is 0.452 e. The molecule has 3 aliphatic rings. The molecule has 17 heteroatoms. The van der Waals surface area contributed by atoms with Gasteiger partial charge < -0.3 is 20.3 Å². The number of nitrogens with two attached hydrogens (primary N) is 1. The molecule has 13 nitrogen and oxygen atoms in total. The number of pyridine rings is 2. The van der Waals surface area contributed by atoms with Gasteiger partial charge in [0.15, 0.2) is 5.65 Å². The van der Waals surface area contributed by atoms with Crippen molar-refractivity contribution in [3.8, 4) is 5.88 Å². The van der Waals surface area contributed by atoms with Gasteiger partial charge in [-0.25, -0.2) is 13.4 Å². The van der Waals surface area contributed by atoms with Gasteiger partial charge in [0.1, 0.15) is 10.5 Å². The monoisotopic (exact) mass is 728 g/mol. The topological polar surface area (TPSA) is 179 Å². The van der Waals surface area contributed by atoms with Crippen molar-refractivity contribution >= 4 is 27.5 Å². The molecular formula is C34H35F3N6O7S. The number of aliphatic carboxylic acids is 1. The molecular weight excluding hydrogens is 693 g/mol. The maximum atomic E-state index is 14.3. The van der Waals surface area contributed by atoms with E-state index in [2.05, 4.69) is 15.2 Å². The Labute approximate surface area is 290 Å². The number of rotatable bonds is 7. The second kappa shape index (κ2) is 12.0. The molecule has 0 saturated carbocycles. The predicted molar refractivity (Wildman–Crippen MR) is 173 cm³/mol. The summed E-state index contributed by atoms with van der Waals surface area (Å²) in [7, 11) is -4.18. The predicted octanol–water partition coefficient (Wildman–Crippen LogP) is 3.95. The van der Waals surface area contributed by atoms with Crippen LogP contribution in [0.25, 0.3) is 5.65 Å². The van der Waals surface area contributed by atoms with Gasteiger partial charge in [-0.15, -0.1) is 10.2 Å². The number of amides is 1. The summed E-state index contributed by atoms with van der Waals surface area (Å²) in [5.41, 5.74) is 5.81. The van der Waals surface area contributed by atoms with E-state index in [9.17, 15) is 36.3 Å². The number of carboxylic acid groups (broad SMARTS) is 1. The number of primary amides is 1. The van der Waals surface area contributed by atoms with Gasteiger partial charge in [0, 0.05) is 43.1 Å². The molecule has 3 unspecified atom stereocenters. The van der Waals surface area contributed by atoms with Gasteiger partial charge in [0.05, 0.1) is 25.2 Å². The molecule has 6 heterocycles. The fraction of sp³-hybridized carbons (Fsp3) is 0.441. The summed E-state index contributed by atoms with van der Waals surface area (Å²) >= 11 is 0. The third-order valence-electron chi connectivity index (χ3n) is 10.4. The number of alkyl halides is 3. The van der Waals surface area contributed by atoms with E-state index in [0.717, 1.165) is 9.96 Å². The second-order valence-corrected chi connectivity index (χ2v) is 15.8. The number of carbonyl (C=O) groups is 2. The van der Waals surface area contributed by atoms with Gasteiger partial charge in [-0.05, 0) is 73.2 Å². The van der Waals surface area contributed by atoms with Crippen LogP contribution in [0.3, 0.4) is 0 Å². The van der Waals surface area contributed by atoms with Crippen LogP contribution in [0.15, 0.2) is 47.5 Å². The van der Waals surface area contributed by atoms with E-state index in [-0.39, 0.29) is 49.0 Å². The van der Waals surface area contributed by atoms with Gasteiger partial charge in [0.25, 0.3) is 0 Å². The molecule has 1 saturated heterocycles. The van der Waals surface area contributed by atoms with Gasteiger partial charge in [-0.2, -0.15) is 17.5 Å². The third kappa shape index (κ3) is 5.70. The van der Waals surface area contributed by atoms with Crippen molar-refractivity contribution in [3.63, 3.8) is 0 Å². The molecule has 2 bridgehead atoms. The SMILES string of the molecule is Cc1c([C@H](c2ccc3c(c2)CN2CC4(CCOCC34)Oc3nc(CCC(N)=O)ccc3S2(=O)=O)C(C)(C)C(=O)O)ccn2c(C(F)(F)F)nnc12. The largest absolute Gasteiger partial charge is 0.481 e. The van der Waals surface area contributed by atoms with E-state index < -0.39 is 56.8 Å². The maximum absolute atomic E-state index is 14.3. The number of ether oxygens (including phenoxy) is 2. The molecule has 3 aromatic heterocycles. The molecule has 4 atom stereocenters. The Morgan fingerprint density at radius 1 is 1.16 bits per heavy atom. The van der Waals surface area contributed by atoms with E-state index in [1.165, 1.54) is 42.5 Å². The number of carboxylic acids is 1. The van der Waals surface area contributed by atoms with E-state index in [1.54, 1.807) is 19.1 Å². The number of fused-ring (bicyclic) bond motifs is 5. The third-order valence-corrected chi connectivity index (χ3v) is 12.2. The molecule has 0 radical (unpaired) electrons. The first-order chi connectivity index (χ1) is 23.9. The van der Waals surface area contributed by atoms with Crippen LogP contribution in [0.4, 0.5) is 13.2 Å². The molecule has 7 rings (SSSR count). The Kier molecular flexibility index (Phi) is 8.18. The lowest BCUT2D eigenvalue weighted by atomic mass is 9.69. The van der Waals surface area contributed by atoms with Crippen LogP contribution < -0.4 is 10.5 Å². The first-order valence-corrected chi connectivity index (χ1v) is 17.7.